The van der Waals surface area contributed by atoms with Gasteiger partial charge in [-0.1, -0.05) is 30.0 Å². The predicted octanol–water partition coefficient (Wildman–Crippen LogP) is 2.82. The minimum Gasteiger partial charge on any atom is -0.365 e. The fourth-order valence-electron chi connectivity index (χ4n) is 2.19. The standard InChI is InChI=1S/C16H15N5O2S2/c1-9-12(6-13(25-9)14(17)22)20-15(23)11-5-3-2-4-10(11)7-24-16-18-8-19-21-16/h2-6,8H,7H2,1H3,(H2,17,22)(H,20,23)(H,18,19,21). The first-order valence-corrected chi connectivity index (χ1v) is 9.12. The van der Waals surface area contributed by atoms with E-state index in [4.69, 9.17) is 5.73 Å². The second-order valence-electron chi connectivity index (χ2n) is 5.14. The molecule has 3 rings (SSSR count). The summed E-state index contributed by atoms with van der Waals surface area (Å²) in [4.78, 5) is 29.2. The van der Waals surface area contributed by atoms with E-state index in [2.05, 4.69) is 20.5 Å². The third-order valence-corrected chi connectivity index (χ3v) is 5.42. The van der Waals surface area contributed by atoms with Crippen molar-refractivity contribution in [1.82, 2.24) is 15.2 Å². The highest BCUT2D eigenvalue weighted by molar-refractivity contribution is 7.98. The molecule has 0 fully saturated rings. The fourth-order valence-corrected chi connectivity index (χ4v) is 3.80. The summed E-state index contributed by atoms with van der Waals surface area (Å²) in [5.41, 5.74) is 7.34. The number of anilines is 1. The summed E-state index contributed by atoms with van der Waals surface area (Å²) >= 11 is 2.72. The minimum atomic E-state index is -0.502. The number of rotatable bonds is 6. The van der Waals surface area contributed by atoms with E-state index in [1.165, 1.54) is 29.4 Å². The Morgan fingerprint density at radius 2 is 2.16 bits per heavy atom. The second-order valence-corrected chi connectivity index (χ2v) is 7.36. The van der Waals surface area contributed by atoms with E-state index in [1.54, 1.807) is 12.1 Å². The van der Waals surface area contributed by atoms with Crippen LogP contribution in [0.3, 0.4) is 0 Å². The number of H-pyrrole nitrogens is 1. The van der Waals surface area contributed by atoms with E-state index in [0.29, 0.717) is 27.0 Å². The summed E-state index contributed by atoms with van der Waals surface area (Å²) in [7, 11) is 0. The van der Waals surface area contributed by atoms with Gasteiger partial charge >= 0.3 is 0 Å². The molecular formula is C16H15N5O2S2. The van der Waals surface area contributed by atoms with Crippen LogP contribution in [0.4, 0.5) is 5.69 Å². The van der Waals surface area contributed by atoms with Gasteiger partial charge in [0, 0.05) is 16.2 Å². The highest BCUT2D eigenvalue weighted by Gasteiger charge is 2.15. The van der Waals surface area contributed by atoms with E-state index >= 15 is 0 Å². The normalized spacial score (nSPS) is 10.6. The number of thiophene rings is 1. The van der Waals surface area contributed by atoms with Gasteiger partial charge in [-0.2, -0.15) is 5.10 Å². The molecule has 2 heterocycles. The van der Waals surface area contributed by atoms with Crippen LogP contribution in [-0.2, 0) is 5.75 Å². The lowest BCUT2D eigenvalue weighted by molar-refractivity contribution is 0.0999. The number of aromatic amines is 1. The average molecular weight is 373 g/mol. The first-order valence-electron chi connectivity index (χ1n) is 7.32. The Morgan fingerprint density at radius 3 is 2.84 bits per heavy atom. The summed E-state index contributed by atoms with van der Waals surface area (Å²) in [6.07, 6.45) is 1.44. The number of aromatic nitrogens is 3. The molecule has 128 valence electrons. The van der Waals surface area contributed by atoms with Crippen LogP contribution in [0.25, 0.3) is 0 Å². The van der Waals surface area contributed by atoms with Crippen LogP contribution < -0.4 is 11.1 Å². The largest absolute Gasteiger partial charge is 0.365 e. The first kappa shape index (κ1) is 17.2. The zero-order valence-corrected chi connectivity index (χ0v) is 14.9. The Bertz CT molecular complexity index is 905. The number of nitrogens with zero attached hydrogens (tertiary/aromatic N) is 2. The summed E-state index contributed by atoms with van der Waals surface area (Å²) in [6, 6.07) is 8.96. The predicted molar refractivity (Wildman–Crippen MR) is 97.9 cm³/mol. The quantitative estimate of drug-likeness (QED) is 0.575. The molecule has 0 bridgehead atoms. The van der Waals surface area contributed by atoms with Crippen molar-refractivity contribution in [1.29, 1.82) is 0 Å². The molecule has 25 heavy (non-hydrogen) atoms. The maximum absolute atomic E-state index is 12.7. The number of nitrogens with one attached hydrogen (secondary N) is 2. The van der Waals surface area contributed by atoms with Crippen molar-refractivity contribution in [2.45, 2.75) is 17.8 Å². The lowest BCUT2D eigenvalue weighted by atomic mass is 10.1. The van der Waals surface area contributed by atoms with Gasteiger partial charge in [0.2, 0.25) is 0 Å². The van der Waals surface area contributed by atoms with Gasteiger partial charge in [0.25, 0.3) is 11.8 Å². The SMILES string of the molecule is Cc1sc(C(N)=O)cc1NC(=O)c1ccccc1CSc1ncn[nH]1. The number of benzene rings is 1. The Balaban J connectivity index is 1.77. The second kappa shape index (κ2) is 7.49. The Kier molecular flexibility index (Phi) is 5.15. The highest BCUT2D eigenvalue weighted by atomic mass is 32.2. The van der Waals surface area contributed by atoms with Gasteiger partial charge in [-0.15, -0.1) is 11.3 Å². The lowest BCUT2D eigenvalue weighted by Gasteiger charge is -2.09. The third-order valence-electron chi connectivity index (χ3n) is 3.43. The number of hydrogen-bond donors (Lipinski definition) is 3. The molecule has 0 spiro atoms. The summed E-state index contributed by atoms with van der Waals surface area (Å²) in [5.74, 6) is -0.156. The number of hydrogen-bond acceptors (Lipinski definition) is 6. The van der Waals surface area contributed by atoms with Gasteiger partial charge in [-0.3, -0.25) is 14.7 Å². The van der Waals surface area contributed by atoms with Crippen molar-refractivity contribution in [3.05, 3.63) is 57.5 Å². The zero-order chi connectivity index (χ0) is 17.8. The van der Waals surface area contributed by atoms with Gasteiger partial charge in [-0.05, 0) is 24.6 Å². The van der Waals surface area contributed by atoms with Crippen LogP contribution >= 0.6 is 23.1 Å². The minimum absolute atomic E-state index is 0.231. The van der Waals surface area contributed by atoms with Gasteiger partial charge in [0.05, 0.1) is 10.6 Å². The Labute approximate surface area is 152 Å². The van der Waals surface area contributed by atoms with E-state index in [-0.39, 0.29) is 5.91 Å². The monoisotopic (exact) mass is 373 g/mol. The van der Waals surface area contributed by atoms with E-state index in [0.717, 1.165) is 10.4 Å². The molecule has 0 radical (unpaired) electrons. The zero-order valence-electron chi connectivity index (χ0n) is 13.3. The summed E-state index contributed by atoms with van der Waals surface area (Å²) < 4.78 is 0. The van der Waals surface area contributed by atoms with Crippen LogP contribution in [0, 0.1) is 6.92 Å². The Hall–Kier alpha value is -2.65. The molecule has 3 aromatic rings. The molecule has 0 unspecified atom stereocenters. The van der Waals surface area contributed by atoms with Crippen molar-refractivity contribution in [2.24, 2.45) is 5.73 Å². The Morgan fingerprint density at radius 1 is 1.36 bits per heavy atom. The molecule has 2 aromatic heterocycles. The smallest absolute Gasteiger partial charge is 0.258 e. The van der Waals surface area contributed by atoms with Crippen LogP contribution in [0.5, 0.6) is 0 Å². The van der Waals surface area contributed by atoms with Crippen molar-refractivity contribution >= 4 is 40.6 Å². The lowest BCUT2D eigenvalue weighted by Crippen LogP contribution is -2.14. The molecule has 0 saturated carbocycles. The van der Waals surface area contributed by atoms with Gasteiger partial charge < -0.3 is 11.1 Å². The first-order chi connectivity index (χ1) is 12.0. The molecular weight excluding hydrogens is 358 g/mol. The number of amides is 2. The van der Waals surface area contributed by atoms with Gasteiger partial charge in [0.1, 0.15) is 6.33 Å². The van der Waals surface area contributed by atoms with Gasteiger partial charge in [-0.25, -0.2) is 4.98 Å². The average Bonchev–Trinajstić information content (AvgIpc) is 3.23. The van der Waals surface area contributed by atoms with E-state index in [1.807, 2.05) is 25.1 Å². The molecule has 2 amide bonds. The maximum Gasteiger partial charge on any atom is 0.258 e. The number of nitrogens with two attached hydrogens (primary N) is 1. The van der Waals surface area contributed by atoms with Crippen LogP contribution in [-0.4, -0.2) is 27.0 Å². The molecule has 4 N–H and O–H groups in total. The molecule has 0 atom stereocenters. The molecule has 1 aromatic carbocycles. The molecule has 0 aliphatic heterocycles. The highest BCUT2D eigenvalue weighted by Crippen LogP contribution is 2.27. The fraction of sp³-hybridized carbons (Fsp3) is 0.125. The molecule has 0 aliphatic rings. The molecule has 0 aliphatic carbocycles. The van der Waals surface area contributed by atoms with Crippen molar-refractivity contribution in [3.63, 3.8) is 0 Å². The molecule has 0 saturated heterocycles. The van der Waals surface area contributed by atoms with E-state index < -0.39 is 5.91 Å². The summed E-state index contributed by atoms with van der Waals surface area (Å²) in [6.45, 7) is 1.83. The van der Waals surface area contributed by atoms with Crippen molar-refractivity contribution in [2.75, 3.05) is 5.32 Å². The van der Waals surface area contributed by atoms with Crippen LogP contribution in [0.2, 0.25) is 0 Å². The molecule has 9 heteroatoms. The van der Waals surface area contributed by atoms with Crippen LogP contribution in [0.1, 0.15) is 30.5 Å². The topological polar surface area (TPSA) is 114 Å². The van der Waals surface area contributed by atoms with Crippen molar-refractivity contribution < 1.29 is 9.59 Å². The molecule has 7 nitrogen and oxygen atoms in total. The van der Waals surface area contributed by atoms with Crippen LogP contribution in [0.15, 0.2) is 41.8 Å². The summed E-state index contributed by atoms with van der Waals surface area (Å²) in [5, 5.41) is 10.1. The van der Waals surface area contributed by atoms with Gasteiger partial charge in [0.15, 0.2) is 5.16 Å². The van der Waals surface area contributed by atoms with E-state index in [9.17, 15) is 9.59 Å². The number of carbonyl (C=O) groups excluding carboxylic acids is 2. The third kappa shape index (κ3) is 4.06. The number of primary amides is 1. The number of aryl methyl sites for hydroxylation is 1. The maximum atomic E-state index is 12.7. The number of carbonyl (C=O) groups is 2. The number of thioether (sulfide) groups is 1. The van der Waals surface area contributed by atoms with Crippen molar-refractivity contribution in [3.8, 4) is 0 Å².